The van der Waals surface area contributed by atoms with E-state index in [2.05, 4.69) is 67.8 Å². The average Bonchev–Trinajstić information content (AvgIpc) is 2.97. The van der Waals surface area contributed by atoms with Crippen molar-refractivity contribution in [3.05, 3.63) is 57.8 Å². The fourth-order valence-corrected chi connectivity index (χ4v) is 5.81. The lowest BCUT2D eigenvalue weighted by atomic mass is 9.73. The van der Waals surface area contributed by atoms with Crippen LogP contribution in [0.4, 0.5) is 5.69 Å². The van der Waals surface area contributed by atoms with Crippen molar-refractivity contribution in [3.63, 3.8) is 0 Å². The molecular weight excluding hydrogens is 446 g/mol. The molecule has 156 valence electrons. The van der Waals surface area contributed by atoms with Gasteiger partial charge in [-0.05, 0) is 85.6 Å². The van der Waals surface area contributed by atoms with Crippen LogP contribution < -0.4 is 9.62 Å². The van der Waals surface area contributed by atoms with E-state index in [1.165, 1.54) is 16.8 Å². The SMILES string of the molecule is Cc1cc(N2CCC3(CC2)Cc2ccccc2[C@H]3N[S@+]([O-])C(C)(C)C)cnc1Br. The van der Waals surface area contributed by atoms with Crippen molar-refractivity contribution in [2.45, 2.75) is 57.7 Å². The average molecular weight is 476 g/mol. The Kier molecular flexibility index (Phi) is 5.75. The van der Waals surface area contributed by atoms with Gasteiger partial charge in [0.05, 0.1) is 17.9 Å². The number of hydrogen-bond donors (Lipinski definition) is 1. The molecule has 0 amide bonds. The van der Waals surface area contributed by atoms with Crippen LogP contribution in [0.3, 0.4) is 0 Å². The quantitative estimate of drug-likeness (QED) is 0.496. The Balaban J connectivity index is 1.57. The highest BCUT2D eigenvalue weighted by Crippen LogP contribution is 2.52. The third kappa shape index (κ3) is 4.09. The van der Waals surface area contributed by atoms with E-state index in [9.17, 15) is 4.55 Å². The van der Waals surface area contributed by atoms with Gasteiger partial charge in [-0.2, -0.15) is 0 Å². The van der Waals surface area contributed by atoms with Crippen molar-refractivity contribution >= 4 is 33.0 Å². The summed E-state index contributed by atoms with van der Waals surface area (Å²) in [6.45, 7) is 10.2. The van der Waals surface area contributed by atoms with Gasteiger partial charge >= 0.3 is 0 Å². The minimum absolute atomic E-state index is 0.124. The summed E-state index contributed by atoms with van der Waals surface area (Å²) in [5.41, 5.74) is 5.22. The van der Waals surface area contributed by atoms with E-state index in [4.69, 9.17) is 0 Å². The number of pyridine rings is 1. The van der Waals surface area contributed by atoms with Gasteiger partial charge in [-0.15, -0.1) is 4.72 Å². The standard InChI is InChI=1S/C23H30BrN3OS/c1-16-13-18(15-25-21(16)24)27-11-9-23(10-12-27)14-17-7-5-6-8-19(17)20(23)26-29(28)22(2,3)4/h5-8,13,15,20,26H,9-12,14H2,1-4H3/t20-,29-/m1/s1. The van der Waals surface area contributed by atoms with E-state index < -0.39 is 11.4 Å². The molecule has 2 aromatic rings. The molecule has 1 N–H and O–H groups in total. The van der Waals surface area contributed by atoms with Crippen LogP contribution in [0.15, 0.2) is 41.1 Å². The van der Waals surface area contributed by atoms with Gasteiger partial charge in [0.2, 0.25) is 0 Å². The van der Waals surface area contributed by atoms with E-state index in [-0.39, 0.29) is 16.2 Å². The normalized spacial score (nSPS) is 22.0. The second-order valence-corrected chi connectivity index (χ2v) is 12.2. The number of halogens is 1. The van der Waals surface area contributed by atoms with Gasteiger partial charge in [-0.1, -0.05) is 24.3 Å². The molecule has 1 saturated heterocycles. The minimum Gasteiger partial charge on any atom is -0.598 e. The van der Waals surface area contributed by atoms with Crippen LogP contribution in [-0.2, 0) is 17.8 Å². The van der Waals surface area contributed by atoms with Gasteiger partial charge < -0.3 is 9.45 Å². The van der Waals surface area contributed by atoms with Crippen LogP contribution in [-0.4, -0.2) is 27.4 Å². The molecule has 0 unspecified atom stereocenters. The number of benzene rings is 1. The Hall–Kier alpha value is -1.08. The Labute approximate surface area is 185 Å². The number of nitrogens with one attached hydrogen (secondary N) is 1. The van der Waals surface area contributed by atoms with Crippen LogP contribution >= 0.6 is 15.9 Å². The van der Waals surface area contributed by atoms with Gasteiger partial charge in [-0.25, -0.2) is 4.98 Å². The molecule has 1 aliphatic heterocycles. The Morgan fingerprint density at radius 1 is 1.24 bits per heavy atom. The highest BCUT2D eigenvalue weighted by molar-refractivity contribution is 9.10. The monoisotopic (exact) mass is 475 g/mol. The Morgan fingerprint density at radius 2 is 1.93 bits per heavy atom. The van der Waals surface area contributed by atoms with Gasteiger partial charge in [0.25, 0.3) is 0 Å². The number of rotatable bonds is 3. The first-order chi connectivity index (χ1) is 13.7. The lowest BCUT2D eigenvalue weighted by Crippen LogP contribution is -2.49. The van der Waals surface area contributed by atoms with E-state index in [1.807, 2.05) is 27.0 Å². The van der Waals surface area contributed by atoms with Crippen LogP contribution in [0.2, 0.25) is 0 Å². The van der Waals surface area contributed by atoms with Crippen LogP contribution in [0, 0.1) is 12.3 Å². The van der Waals surface area contributed by atoms with Gasteiger partial charge in [-0.3, -0.25) is 0 Å². The second-order valence-electron chi connectivity index (χ2n) is 9.46. The molecule has 4 rings (SSSR count). The zero-order valence-electron chi connectivity index (χ0n) is 17.7. The lowest BCUT2D eigenvalue weighted by molar-refractivity contribution is 0.176. The summed E-state index contributed by atoms with van der Waals surface area (Å²) in [7, 11) is 0. The predicted octanol–water partition coefficient (Wildman–Crippen LogP) is 5.09. The maximum absolute atomic E-state index is 13.0. The van der Waals surface area contributed by atoms with Crippen molar-refractivity contribution in [1.82, 2.24) is 9.71 Å². The van der Waals surface area contributed by atoms with Crippen molar-refractivity contribution < 1.29 is 4.55 Å². The first kappa shape index (κ1) is 21.2. The molecule has 6 heteroatoms. The third-order valence-electron chi connectivity index (χ3n) is 6.43. The summed E-state index contributed by atoms with van der Waals surface area (Å²) in [5, 5.41) is 0. The highest BCUT2D eigenvalue weighted by atomic mass is 79.9. The maximum Gasteiger partial charge on any atom is 0.136 e. The molecule has 0 radical (unpaired) electrons. The molecule has 2 heterocycles. The summed E-state index contributed by atoms with van der Waals surface area (Å²) in [5.74, 6) is 0. The second kappa shape index (κ2) is 7.88. The molecule has 1 spiro atoms. The number of piperidine rings is 1. The summed E-state index contributed by atoms with van der Waals surface area (Å²) in [6, 6.07) is 11.1. The van der Waals surface area contributed by atoms with Crippen LogP contribution in [0.5, 0.6) is 0 Å². The highest BCUT2D eigenvalue weighted by Gasteiger charge is 2.50. The smallest absolute Gasteiger partial charge is 0.136 e. The summed E-state index contributed by atoms with van der Waals surface area (Å²) >= 11 is 2.41. The van der Waals surface area contributed by atoms with Crippen molar-refractivity contribution in [3.8, 4) is 0 Å². The lowest BCUT2D eigenvalue weighted by Gasteiger charge is -2.44. The summed E-state index contributed by atoms with van der Waals surface area (Å²) < 4.78 is 17.2. The maximum atomic E-state index is 13.0. The zero-order chi connectivity index (χ0) is 20.8. The molecule has 0 bridgehead atoms. The van der Waals surface area contributed by atoms with Gasteiger partial charge in [0, 0.05) is 29.9 Å². The molecule has 2 aliphatic rings. The summed E-state index contributed by atoms with van der Waals surface area (Å²) in [6.07, 6.45) is 5.18. The van der Waals surface area contributed by atoms with Gasteiger partial charge in [0.15, 0.2) is 0 Å². The topological polar surface area (TPSA) is 51.2 Å². The molecule has 29 heavy (non-hydrogen) atoms. The Bertz CT molecular complexity index is 890. The van der Waals surface area contributed by atoms with Crippen molar-refractivity contribution in [2.24, 2.45) is 5.41 Å². The van der Waals surface area contributed by atoms with Crippen molar-refractivity contribution in [2.75, 3.05) is 18.0 Å². The van der Waals surface area contributed by atoms with E-state index in [1.54, 1.807) is 0 Å². The number of hydrogen-bond acceptors (Lipinski definition) is 4. The fourth-order valence-electron chi connectivity index (χ4n) is 4.65. The molecule has 2 atom stereocenters. The van der Waals surface area contributed by atoms with Crippen molar-refractivity contribution in [1.29, 1.82) is 0 Å². The number of aromatic nitrogens is 1. The van der Waals surface area contributed by atoms with Gasteiger partial charge in [0.1, 0.15) is 9.35 Å². The van der Waals surface area contributed by atoms with E-state index >= 15 is 0 Å². The first-order valence-electron chi connectivity index (χ1n) is 10.3. The number of aryl methyl sites for hydroxylation is 1. The number of fused-ring (bicyclic) bond motifs is 1. The molecule has 1 fully saturated rings. The number of anilines is 1. The number of nitrogens with zero attached hydrogens (tertiary/aromatic N) is 2. The van der Waals surface area contributed by atoms with Crippen LogP contribution in [0.25, 0.3) is 0 Å². The first-order valence-corrected chi connectivity index (χ1v) is 12.3. The Morgan fingerprint density at radius 3 is 2.59 bits per heavy atom. The fraction of sp³-hybridized carbons (Fsp3) is 0.522. The third-order valence-corrected chi connectivity index (χ3v) is 8.82. The van der Waals surface area contributed by atoms with E-state index in [0.29, 0.717) is 0 Å². The van der Waals surface area contributed by atoms with Crippen LogP contribution in [0.1, 0.15) is 56.3 Å². The molecule has 1 aliphatic carbocycles. The predicted molar refractivity (Wildman–Crippen MR) is 124 cm³/mol. The minimum atomic E-state index is -1.09. The molecular formula is C23H30BrN3OS. The zero-order valence-corrected chi connectivity index (χ0v) is 20.1. The molecule has 1 aromatic carbocycles. The van der Waals surface area contributed by atoms with E-state index in [0.717, 1.165) is 42.5 Å². The largest absolute Gasteiger partial charge is 0.598 e. The summed E-state index contributed by atoms with van der Waals surface area (Å²) in [4.78, 5) is 6.92. The molecule has 0 saturated carbocycles. The molecule has 1 aromatic heterocycles. The molecule has 4 nitrogen and oxygen atoms in total.